The number of ketones is 1. The number of halogens is 2. The minimum Gasteiger partial charge on any atom is -0.346 e. The number of nitrogens with zero attached hydrogens (tertiary/aromatic N) is 1. The zero-order chi connectivity index (χ0) is 37.9. The maximum Gasteiger partial charge on any atom is 0.315 e. The second-order valence-electron chi connectivity index (χ2n) is 16.3. The predicted molar refractivity (Wildman–Crippen MR) is 195 cm³/mol. The third-order valence-corrected chi connectivity index (χ3v) is 14.0. The minimum atomic E-state index is -3.59. The number of hydrogen-bond donors (Lipinski definition) is 4. The molecule has 3 fully saturated rings. The summed E-state index contributed by atoms with van der Waals surface area (Å²) in [5, 5.41) is 11.0. The number of nitrogens with one attached hydrogen (secondary N) is 4. The van der Waals surface area contributed by atoms with Crippen LogP contribution in [0.3, 0.4) is 0 Å². The van der Waals surface area contributed by atoms with Gasteiger partial charge in [0.25, 0.3) is 5.91 Å². The molecule has 0 radical (unpaired) electrons. The van der Waals surface area contributed by atoms with Crippen LogP contribution in [0.4, 0.5) is 4.79 Å². The molecule has 5 atom stereocenters. The van der Waals surface area contributed by atoms with E-state index in [1.54, 1.807) is 41.5 Å². The molecule has 0 bridgehead atoms. The summed E-state index contributed by atoms with van der Waals surface area (Å²) in [5.74, 6) is -3.85. The lowest BCUT2D eigenvalue weighted by Crippen LogP contribution is -2.64. The van der Waals surface area contributed by atoms with E-state index in [-0.39, 0.29) is 31.7 Å². The third-order valence-electron chi connectivity index (χ3n) is 10.3. The number of rotatable bonds is 14. The summed E-state index contributed by atoms with van der Waals surface area (Å²) in [6.07, 6.45) is 6.60. The van der Waals surface area contributed by atoms with Gasteiger partial charge in [-0.1, -0.05) is 65.9 Å². The SMILES string of the molecule is C=CCNC(=O)C(=O)C(CCCC)NC(=O)[C@@H]1C2CC(Cl)(Cl)C2CN1C(=O)[C@@H](NC(=O)NC1(CS(=O)(=O)C(C)(C)C)CCCCC1)C(C)(C)C. The summed E-state index contributed by atoms with van der Waals surface area (Å²) in [4.78, 5) is 69.3. The number of urea groups is 1. The van der Waals surface area contributed by atoms with E-state index in [0.29, 0.717) is 19.3 Å². The van der Waals surface area contributed by atoms with E-state index in [0.717, 1.165) is 25.7 Å². The molecular formula is C35H57Cl2N5O7S. The number of Topliss-reactive ketones (excluding diaryl/α,β-unsaturated/α-hetero) is 1. The maximum atomic E-state index is 14.5. The molecule has 3 rings (SSSR count). The zero-order valence-corrected chi connectivity index (χ0v) is 33.0. The number of fused-ring (bicyclic) bond motifs is 1. The molecule has 0 aromatic carbocycles. The summed E-state index contributed by atoms with van der Waals surface area (Å²) in [5.41, 5.74) is -1.83. The van der Waals surface area contributed by atoms with Gasteiger partial charge in [-0.05, 0) is 57.8 Å². The van der Waals surface area contributed by atoms with E-state index in [1.807, 2.05) is 6.92 Å². The minimum absolute atomic E-state index is 0.0472. The Hall–Kier alpha value is -2.38. The van der Waals surface area contributed by atoms with Crippen molar-refractivity contribution in [3.8, 4) is 0 Å². The Kier molecular flexibility index (Phi) is 13.5. The molecule has 12 nitrogen and oxygen atoms in total. The van der Waals surface area contributed by atoms with Gasteiger partial charge in [0, 0.05) is 19.0 Å². The number of amides is 5. The van der Waals surface area contributed by atoms with Gasteiger partial charge in [0.2, 0.25) is 17.6 Å². The number of carbonyl (C=O) groups excluding carboxylic acids is 5. The highest BCUT2D eigenvalue weighted by atomic mass is 35.5. The lowest BCUT2D eigenvalue weighted by Gasteiger charge is -2.44. The first kappa shape index (κ1) is 42.0. The fourth-order valence-electron chi connectivity index (χ4n) is 7.16. The van der Waals surface area contributed by atoms with Gasteiger partial charge >= 0.3 is 6.03 Å². The zero-order valence-electron chi connectivity index (χ0n) is 30.6. The number of alkyl halides is 2. The Bertz CT molecular complexity index is 1420. The van der Waals surface area contributed by atoms with Crippen molar-refractivity contribution in [2.75, 3.05) is 18.8 Å². The molecular weight excluding hydrogens is 705 g/mol. The van der Waals surface area contributed by atoms with Gasteiger partial charge in [-0.25, -0.2) is 13.2 Å². The quantitative estimate of drug-likeness (QED) is 0.117. The standard InChI is InChI=1S/C35H57Cl2N5O7S/c1-9-11-15-24(26(43)29(45)38-18-10-2)39-28(44)25-22-19-35(36,37)23(22)20-42(25)30(46)27(32(3,4)5)40-31(47)41-34(16-13-12-14-17-34)21-50(48,49)33(6,7)8/h10,22-25,27H,2,9,11-21H2,1,3-8H3,(H,38,45)(H,39,44)(H2,40,41,47)/t22?,23?,24?,25-,27+/m0/s1. The highest BCUT2D eigenvalue weighted by molar-refractivity contribution is 7.92. The first-order chi connectivity index (χ1) is 23.0. The van der Waals surface area contributed by atoms with E-state index in [4.69, 9.17) is 23.2 Å². The predicted octanol–water partition coefficient (Wildman–Crippen LogP) is 4.18. The average molecular weight is 763 g/mol. The maximum absolute atomic E-state index is 14.5. The monoisotopic (exact) mass is 761 g/mol. The van der Waals surface area contributed by atoms with Gasteiger partial charge in [-0.3, -0.25) is 19.2 Å². The van der Waals surface area contributed by atoms with Crippen molar-refractivity contribution in [2.24, 2.45) is 17.3 Å². The molecule has 0 aromatic heterocycles. The Morgan fingerprint density at radius 2 is 1.62 bits per heavy atom. The summed E-state index contributed by atoms with van der Waals surface area (Å²) in [7, 11) is -3.59. The van der Waals surface area contributed by atoms with Crippen LogP contribution in [0.5, 0.6) is 0 Å². The van der Waals surface area contributed by atoms with Crippen LogP contribution in [0.15, 0.2) is 12.7 Å². The Balaban J connectivity index is 1.89. The molecule has 3 aliphatic rings. The smallest absolute Gasteiger partial charge is 0.315 e. The van der Waals surface area contributed by atoms with Gasteiger partial charge in [-0.2, -0.15) is 0 Å². The van der Waals surface area contributed by atoms with Crippen molar-refractivity contribution in [1.29, 1.82) is 0 Å². The van der Waals surface area contributed by atoms with Crippen molar-refractivity contribution >= 4 is 62.6 Å². The van der Waals surface area contributed by atoms with E-state index < -0.39 is 89.4 Å². The lowest BCUT2D eigenvalue weighted by atomic mass is 9.71. The van der Waals surface area contributed by atoms with Crippen molar-refractivity contribution in [1.82, 2.24) is 26.2 Å². The molecule has 50 heavy (non-hydrogen) atoms. The molecule has 1 heterocycles. The van der Waals surface area contributed by atoms with E-state index in [2.05, 4.69) is 27.8 Å². The van der Waals surface area contributed by atoms with Crippen molar-refractivity contribution in [2.45, 2.75) is 139 Å². The fourth-order valence-corrected chi connectivity index (χ4v) is 9.50. The molecule has 284 valence electrons. The van der Waals surface area contributed by atoms with Crippen LogP contribution in [0.2, 0.25) is 0 Å². The van der Waals surface area contributed by atoms with E-state index in [1.165, 1.54) is 11.0 Å². The van der Waals surface area contributed by atoms with Crippen LogP contribution in [-0.4, -0.2) is 94.4 Å². The van der Waals surface area contributed by atoms with Crippen LogP contribution >= 0.6 is 23.2 Å². The number of hydrogen-bond acceptors (Lipinski definition) is 7. The summed E-state index contributed by atoms with van der Waals surface area (Å²) in [6, 6.07) is -3.97. The van der Waals surface area contributed by atoms with Crippen LogP contribution in [0.25, 0.3) is 0 Å². The molecule has 2 saturated carbocycles. The van der Waals surface area contributed by atoms with Gasteiger partial charge in [0.05, 0.1) is 22.1 Å². The van der Waals surface area contributed by atoms with Crippen molar-refractivity contribution in [3.05, 3.63) is 12.7 Å². The number of likely N-dealkylation sites (tertiary alicyclic amines) is 1. The van der Waals surface area contributed by atoms with Crippen molar-refractivity contribution < 1.29 is 32.4 Å². The molecule has 1 aliphatic heterocycles. The second-order valence-corrected chi connectivity index (χ2v) is 20.6. The molecule has 4 N–H and O–H groups in total. The van der Waals surface area contributed by atoms with Crippen LogP contribution in [0, 0.1) is 17.3 Å². The highest BCUT2D eigenvalue weighted by Gasteiger charge is 2.64. The van der Waals surface area contributed by atoms with E-state index in [9.17, 15) is 32.4 Å². The summed E-state index contributed by atoms with van der Waals surface area (Å²) < 4.78 is 24.4. The second kappa shape index (κ2) is 16.1. The van der Waals surface area contributed by atoms with E-state index >= 15 is 0 Å². The highest BCUT2D eigenvalue weighted by Crippen LogP contribution is 2.58. The van der Waals surface area contributed by atoms with Gasteiger partial charge < -0.3 is 26.2 Å². The number of sulfone groups is 1. The van der Waals surface area contributed by atoms with Gasteiger partial charge in [-0.15, -0.1) is 29.8 Å². The molecule has 3 unspecified atom stereocenters. The van der Waals surface area contributed by atoms with Crippen LogP contribution in [0.1, 0.15) is 106 Å². The van der Waals surface area contributed by atoms with Crippen molar-refractivity contribution in [3.63, 3.8) is 0 Å². The van der Waals surface area contributed by atoms with Crippen LogP contribution in [-0.2, 0) is 29.0 Å². The summed E-state index contributed by atoms with van der Waals surface area (Å²) in [6.45, 7) is 15.9. The third kappa shape index (κ3) is 9.73. The first-order valence-corrected chi connectivity index (χ1v) is 20.1. The number of unbranched alkanes of at least 4 members (excludes halogenated alkanes) is 1. The lowest BCUT2D eigenvalue weighted by molar-refractivity contribution is -0.144. The molecule has 1 saturated heterocycles. The molecule has 0 spiro atoms. The molecule has 0 aromatic rings. The first-order valence-electron chi connectivity index (χ1n) is 17.7. The summed E-state index contributed by atoms with van der Waals surface area (Å²) >= 11 is 13.1. The van der Waals surface area contributed by atoms with Crippen LogP contribution < -0.4 is 21.3 Å². The molecule has 2 aliphatic carbocycles. The van der Waals surface area contributed by atoms with Gasteiger partial charge in [0.15, 0.2) is 9.84 Å². The van der Waals surface area contributed by atoms with Gasteiger partial charge in [0.1, 0.15) is 16.4 Å². The Morgan fingerprint density at radius 1 is 1.00 bits per heavy atom. The molecule has 5 amide bonds. The number of carbonyl (C=O) groups is 5. The topological polar surface area (TPSA) is 171 Å². The fraction of sp³-hybridized carbons (Fsp3) is 0.800. The average Bonchev–Trinajstić information content (AvgIpc) is 3.34. The Labute approximate surface area is 307 Å². The largest absolute Gasteiger partial charge is 0.346 e. The molecule has 15 heteroatoms. The normalized spacial score (nSPS) is 24.1. The Morgan fingerprint density at radius 3 is 2.14 bits per heavy atom.